The highest BCUT2D eigenvalue weighted by Crippen LogP contribution is 2.40. The molecule has 2 aromatic rings. The molecule has 2 aliphatic heterocycles. The third-order valence-electron chi connectivity index (χ3n) is 5.23. The SMILES string of the molecule is O=C(CN1CCCC(O)C1)Nc1sc2c(c1C(=O)c1cccc(Cl)c1)CCSC2. The van der Waals surface area contributed by atoms with Gasteiger partial charge >= 0.3 is 0 Å². The lowest BCUT2D eigenvalue weighted by molar-refractivity contribution is -0.117. The Bertz CT molecular complexity index is 931. The average molecular weight is 451 g/mol. The van der Waals surface area contributed by atoms with Gasteiger partial charge in [-0.05, 0) is 49.3 Å². The number of nitrogens with zero attached hydrogens (tertiary/aromatic N) is 1. The van der Waals surface area contributed by atoms with Gasteiger partial charge in [-0.3, -0.25) is 14.5 Å². The maximum atomic E-state index is 13.3. The van der Waals surface area contributed by atoms with Gasteiger partial charge in [0, 0.05) is 27.8 Å². The highest BCUT2D eigenvalue weighted by molar-refractivity contribution is 7.98. The molecular formula is C21H23ClN2O3S2. The van der Waals surface area contributed by atoms with Crippen LogP contribution in [0.3, 0.4) is 0 Å². The molecule has 1 aromatic heterocycles. The summed E-state index contributed by atoms with van der Waals surface area (Å²) in [5.74, 6) is 1.59. The summed E-state index contributed by atoms with van der Waals surface area (Å²) in [7, 11) is 0. The third-order valence-corrected chi connectivity index (χ3v) is 7.79. The van der Waals surface area contributed by atoms with Gasteiger partial charge in [-0.25, -0.2) is 0 Å². The van der Waals surface area contributed by atoms with E-state index in [2.05, 4.69) is 5.32 Å². The van der Waals surface area contributed by atoms with Crippen LogP contribution >= 0.6 is 34.7 Å². The van der Waals surface area contributed by atoms with Gasteiger partial charge in [0.2, 0.25) is 5.91 Å². The molecule has 3 heterocycles. The molecule has 0 radical (unpaired) electrons. The van der Waals surface area contributed by atoms with E-state index in [1.54, 1.807) is 24.3 Å². The molecule has 1 unspecified atom stereocenters. The Morgan fingerprint density at radius 1 is 1.34 bits per heavy atom. The highest BCUT2D eigenvalue weighted by atomic mass is 35.5. The second-order valence-corrected chi connectivity index (χ2v) is 10.1. The first-order valence-corrected chi connectivity index (χ1v) is 12.1. The number of amides is 1. The molecule has 1 aromatic carbocycles. The molecule has 0 aliphatic carbocycles. The minimum absolute atomic E-state index is 0.0967. The molecule has 0 spiro atoms. The van der Waals surface area contributed by atoms with Crippen LogP contribution in [0.4, 0.5) is 5.00 Å². The van der Waals surface area contributed by atoms with Crippen molar-refractivity contribution in [3.05, 3.63) is 50.9 Å². The van der Waals surface area contributed by atoms with Crippen LogP contribution < -0.4 is 5.32 Å². The number of hydrogen-bond donors (Lipinski definition) is 2. The quantitative estimate of drug-likeness (QED) is 0.678. The molecule has 8 heteroatoms. The van der Waals surface area contributed by atoms with Crippen LogP contribution in [0.25, 0.3) is 0 Å². The van der Waals surface area contributed by atoms with E-state index in [1.165, 1.54) is 11.3 Å². The number of aliphatic hydroxyl groups excluding tert-OH is 1. The number of anilines is 1. The number of ketones is 1. The summed E-state index contributed by atoms with van der Waals surface area (Å²) < 4.78 is 0. The standard InChI is InChI=1S/C21H23ClN2O3S2/c22-14-4-1-3-13(9-14)20(27)19-16-6-8-28-12-17(16)29-21(19)23-18(26)11-24-7-2-5-15(25)10-24/h1,3-4,9,15,25H,2,5-8,10-12H2,(H,23,26). The molecule has 1 amide bonds. The topological polar surface area (TPSA) is 69.6 Å². The van der Waals surface area contributed by atoms with Crippen LogP contribution in [0, 0.1) is 0 Å². The van der Waals surface area contributed by atoms with Gasteiger partial charge < -0.3 is 10.4 Å². The van der Waals surface area contributed by atoms with Gasteiger partial charge in [-0.2, -0.15) is 11.8 Å². The van der Waals surface area contributed by atoms with Crippen LogP contribution in [0.2, 0.25) is 5.02 Å². The fraction of sp³-hybridized carbons (Fsp3) is 0.429. The number of rotatable bonds is 5. The number of aliphatic hydroxyl groups is 1. The molecule has 0 bridgehead atoms. The second-order valence-electron chi connectivity index (χ2n) is 7.43. The van der Waals surface area contributed by atoms with E-state index >= 15 is 0 Å². The molecule has 5 nitrogen and oxygen atoms in total. The molecule has 0 saturated carbocycles. The van der Waals surface area contributed by atoms with Gasteiger partial charge in [0.25, 0.3) is 0 Å². The first-order valence-electron chi connectivity index (χ1n) is 9.74. The minimum Gasteiger partial charge on any atom is -0.392 e. The van der Waals surface area contributed by atoms with Crippen molar-refractivity contribution in [3.63, 3.8) is 0 Å². The molecule has 1 saturated heterocycles. The number of thioether (sulfide) groups is 1. The summed E-state index contributed by atoms with van der Waals surface area (Å²) in [5.41, 5.74) is 2.20. The zero-order valence-electron chi connectivity index (χ0n) is 15.9. The number of carbonyl (C=O) groups excluding carboxylic acids is 2. The average Bonchev–Trinajstić information content (AvgIpc) is 3.05. The van der Waals surface area contributed by atoms with E-state index < -0.39 is 0 Å². The van der Waals surface area contributed by atoms with Crippen molar-refractivity contribution in [1.82, 2.24) is 4.90 Å². The molecule has 1 fully saturated rings. The van der Waals surface area contributed by atoms with Gasteiger partial charge in [0.05, 0.1) is 18.2 Å². The number of nitrogens with one attached hydrogen (secondary N) is 1. The Balaban J connectivity index is 1.58. The van der Waals surface area contributed by atoms with Crippen LogP contribution in [-0.4, -0.2) is 53.2 Å². The van der Waals surface area contributed by atoms with Crippen LogP contribution in [0.15, 0.2) is 24.3 Å². The number of hydrogen-bond acceptors (Lipinski definition) is 6. The zero-order valence-corrected chi connectivity index (χ0v) is 18.3. The van der Waals surface area contributed by atoms with Crippen molar-refractivity contribution in [2.24, 2.45) is 0 Å². The molecule has 2 aliphatic rings. The smallest absolute Gasteiger partial charge is 0.239 e. The lowest BCUT2D eigenvalue weighted by Gasteiger charge is -2.29. The van der Waals surface area contributed by atoms with Crippen LogP contribution in [0.1, 0.15) is 39.2 Å². The molecule has 29 heavy (non-hydrogen) atoms. The van der Waals surface area contributed by atoms with Gasteiger partial charge in [-0.15, -0.1) is 11.3 Å². The van der Waals surface area contributed by atoms with E-state index in [9.17, 15) is 14.7 Å². The number of thiophene rings is 1. The number of halogens is 1. The third kappa shape index (κ3) is 4.86. The van der Waals surface area contributed by atoms with Crippen molar-refractivity contribution in [3.8, 4) is 0 Å². The maximum Gasteiger partial charge on any atom is 0.239 e. The molecule has 4 rings (SSSR count). The lowest BCUT2D eigenvalue weighted by atomic mass is 9.98. The van der Waals surface area contributed by atoms with Gasteiger partial charge in [0.1, 0.15) is 5.00 Å². The molecular weight excluding hydrogens is 428 g/mol. The number of β-amino-alcohol motifs (C(OH)–C–C–N with tert-alkyl or cyclic N) is 1. The van der Waals surface area contributed by atoms with Gasteiger partial charge in [-0.1, -0.05) is 23.7 Å². The van der Waals surface area contributed by atoms with Gasteiger partial charge in [0.15, 0.2) is 5.78 Å². The summed E-state index contributed by atoms with van der Waals surface area (Å²) in [5, 5.41) is 14.0. The van der Waals surface area contributed by atoms with Crippen molar-refractivity contribution >= 4 is 51.4 Å². The lowest BCUT2D eigenvalue weighted by Crippen LogP contribution is -2.42. The summed E-state index contributed by atoms with van der Waals surface area (Å²) in [6.07, 6.45) is 2.12. The number of benzene rings is 1. The summed E-state index contributed by atoms with van der Waals surface area (Å²) in [6.45, 7) is 1.54. The van der Waals surface area contributed by atoms with Crippen LogP contribution in [-0.2, 0) is 17.0 Å². The fourth-order valence-electron chi connectivity index (χ4n) is 3.88. The monoisotopic (exact) mass is 450 g/mol. The van der Waals surface area contributed by atoms with Crippen molar-refractivity contribution < 1.29 is 14.7 Å². The molecule has 1 atom stereocenters. The molecule has 154 valence electrons. The minimum atomic E-state index is -0.373. The summed E-state index contributed by atoms with van der Waals surface area (Å²) >= 11 is 9.44. The zero-order chi connectivity index (χ0) is 20.4. The van der Waals surface area contributed by atoms with Crippen molar-refractivity contribution in [1.29, 1.82) is 0 Å². The maximum absolute atomic E-state index is 13.3. The Hall–Kier alpha value is -1.38. The first-order chi connectivity index (χ1) is 14.0. The summed E-state index contributed by atoms with van der Waals surface area (Å²) in [6, 6.07) is 6.95. The van der Waals surface area contributed by atoms with Crippen molar-refractivity contribution in [2.75, 3.05) is 30.7 Å². The van der Waals surface area contributed by atoms with E-state index in [0.29, 0.717) is 27.7 Å². The molecule has 2 N–H and O–H groups in total. The van der Waals surface area contributed by atoms with Crippen molar-refractivity contribution in [2.45, 2.75) is 31.1 Å². The highest BCUT2D eigenvalue weighted by Gasteiger charge is 2.28. The number of likely N-dealkylation sites (tertiary alicyclic amines) is 1. The number of piperidine rings is 1. The predicted octanol–water partition coefficient (Wildman–Crippen LogP) is 3.82. The number of carbonyl (C=O) groups is 2. The Morgan fingerprint density at radius 2 is 2.21 bits per heavy atom. The normalized spacial score (nSPS) is 19.6. The van der Waals surface area contributed by atoms with E-state index in [4.69, 9.17) is 11.6 Å². The Labute approximate surface area is 183 Å². The fourth-order valence-corrected chi connectivity index (χ4v) is 6.46. The summed E-state index contributed by atoms with van der Waals surface area (Å²) in [4.78, 5) is 29.1. The van der Waals surface area contributed by atoms with E-state index in [0.717, 1.165) is 47.8 Å². The second kappa shape index (κ2) is 9.18. The van der Waals surface area contributed by atoms with E-state index in [1.807, 2.05) is 16.7 Å². The largest absolute Gasteiger partial charge is 0.392 e. The van der Waals surface area contributed by atoms with Crippen LogP contribution in [0.5, 0.6) is 0 Å². The first kappa shape index (κ1) is 20.9. The Morgan fingerprint density at radius 3 is 3.00 bits per heavy atom. The number of fused-ring (bicyclic) bond motifs is 1. The van der Waals surface area contributed by atoms with E-state index in [-0.39, 0.29) is 24.3 Å². The predicted molar refractivity (Wildman–Crippen MR) is 119 cm³/mol. The Kier molecular flexibility index (Phi) is 6.61.